The number of nitrogens with zero attached hydrogens (tertiary/aromatic N) is 4. The maximum atomic E-state index is 12.9. The first kappa shape index (κ1) is 22.2. The highest BCUT2D eigenvalue weighted by Crippen LogP contribution is 2.14. The first-order valence-corrected chi connectivity index (χ1v) is 10.5. The molecular formula is C19H25FN6O3S. The molecule has 0 aliphatic carbocycles. The zero-order valence-corrected chi connectivity index (χ0v) is 17.6. The monoisotopic (exact) mass is 436 g/mol. The molecular weight excluding hydrogens is 411 g/mol. The van der Waals surface area contributed by atoms with Crippen LogP contribution in [0, 0.1) is 5.82 Å². The largest absolute Gasteiger partial charge is 0.364 e. The van der Waals surface area contributed by atoms with E-state index >= 15 is 0 Å². The fourth-order valence-corrected chi connectivity index (χ4v) is 3.50. The van der Waals surface area contributed by atoms with E-state index in [1.165, 1.54) is 24.3 Å². The van der Waals surface area contributed by atoms with Crippen LogP contribution in [0.1, 0.15) is 14.8 Å². The molecule has 3 rings (SSSR count). The van der Waals surface area contributed by atoms with Crippen LogP contribution in [0.15, 0.2) is 24.3 Å². The molecule has 1 aliphatic rings. The van der Waals surface area contributed by atoms with Crippen molar-refractivity contribution < 1.29 is 18.7 Å². The minimum atomic E-state index is -0.438. The predicted molar refractivity (Wildman–Crippen MR) is 111 cm³/mol. The van der Waals surface area contributed by atoms with Gasteiger partial charge in [-0.2, -0.15) is 0 Å². The average molecular weight is 437 g/mol. The number of piperazine rings is 1. The number of likely N-dealkylation sites (N-methyl/N-ethyl adjacent to an activating group) is 1. The van der Waals surface area contributed by atoms with Gasteiger partial charge in [0.2, 0.25) is 10.9 Å². The summed E-state index contributed by atoms with van der Waals surface area (Å²) in [5, 5.41) is 13.8. The molecule has 1 aromatic carbocycles. The van der Waals surface area contributed by atoms with Crippen molar-refractivity contribution in [2.24, 2.45) is 0 Å². The molecule has 0 radical (unpaired) electrons. The summed E-state index contributed by atoms with van der Waals surface area (Å²) in [6, 6.07) is 5.43. The van der Waals surface area contributed by atoms with Gasteiger partial charge in [0.05, 0.1) is 0 Å². The molecule has 1 aromatic heterocycles. The van der Waals surface area contributed by atoms with Crippen LogP contribution in [0.2, 0.25) is 0 Å². The standard InChI is InChI=1S/C19H25FN6O3S/c1-25-8-10-26(11-9-25)7-6-21-16(27)12-29-13-17-23-24-19(30-17)18(28)22-15-4-2-14(20)3-5-15/h2-5H,6-13H2,1H3,(H,21,27)(H,22,28). The number of rotatable bonds is 9. The SMILES string of the molecule is CN1CCN(CCNC(=O)COCc2nnc(C(=O)Nc3ccc(F)cc3)s2)CC1. The minimum absolute atomic E-state index is 0.0839. The fourth-order valence-electron chi connectivity index (χ4n) is 2.83. The van der Waals surface area contributed by atoms with E-state index in [9.17, 15) is 14.0 Å². The van der Waals surface area contributed by atoms with Crippen LogP contribution in [0.5, 0.6) is 0 Å². The number of hydrogen-bond acceptors (Lipinski definition) is 8. The molecule has 0 bridgehead atoms. The van der Waals surface area contributed by atoms with Crippen molar-refractivity contribution in [2.45, 2.75) is 6.61 Å². The summed E-state index contributed by atoms with van der Waals surface area (Å²) in [6.07, 6.45) is 0. The Balaban J connectivity index is 1.32. The first-order valence-electron chi connectivity index (χ1n) is 9.64. The summed E-state index contributed by atoms with van der Waals surface area (Å²) in [4.78, 5) is 28.6. The molecule has 0 saturated carbocycles. The van der Waals surface area contributed by atoms with Crippen LogP contribution in [0.4, 0.5) is 10.1 Å². The normalized spacial score (nSPS) is 15.1. The molecule has 2 N–H and O–H groups in total. The Kier molecular flexibility index (Phi) is 8.20. The van der Waals surface area contributed by atoms with Gasteiger partial charge in [0.15, 0.2) is 0 Å². The summed E-state index contributed by atoms with van der Waals surface area (Å²) in [6.45, 7) is 5.52. The number of ether oxygens (including phenoxy) is 1. The zero-order valence-electron chi connectivity index (χ0n) is 16.8. The van der Waals surface area contributed by atoms with Gasteiger partial charge in [-0.1, -0.05) is 11.3 Å². The number of carbonyl (C=O) groups is 2. The molecule has 1 aliphatic heterocycles. The Hall–Kier alpha value is -2.47. The van der Waals surface area contributed by atoms with Crippen molar-refractivity contribution in [1.29, 1.82) is 0 Å². The molecule has 2 heterocycles. The number of carbonyl (C=O) groups excluding carboxylic acids is 2. The van der Waals surface area contributed by atoms with Gasteiger partial charge in [-0.3, -0.25) is 14.5 Å². The lowest BCUT2D eigenvalue weighted by molar-refractivity contribution is -0.126. The molecule has 0 spiro atoms. The third kappa shape index (κ3) is 7.10. The Morgan fingerprint density at radius 1 is 1.17 bits per heavy atom. The quantitative estimate of drug-likeness (QED) is 0.600. The van der Waals surface area contributed by atoms with Crippen LogP contribution in [-0.4, -0.2) is 84.7 Å². The second-order valence-electron chi connectivity index (χ2n) is 6.95. The third-order valence-electron chi connectivity index (χ3n) is 4.57. The Morgan fingerprint density at radius 3 is 2.63 bits per heavy atom. The van der Waals surface area contributed by atoms with Gasteiger partial charge < -0.3 is 20.3 Å². The lowest BCUT2D eigenvalue weighted by Gasteiger charge is -2.32. The second kappa shape index (κ2) is 11.1. The van der Waals surface area contributed by atoms with Gasteiger partial charge in [0.25, 0.3) is 5.91 Å². The second-order valence-corrected chi connectivity index (χ2v) is 8.01. The van der Waals surface area contributed by atoms with Crippen LogP contribution < -0.4 is 10.6 Å². The maximum Gasteiger partial charge on any atom is 0.286 e. The summed E-state index contributed by atoms with van der Waals surface area (Å²) in [7, 11) is 2.11. The van der Waals surface area contributed by atoms with Gasteiger partial charge in [-0.25, -0.2) is 4.39 Å². The number of aromatic nitrogens is 2. The Morgan fingerprint density at radius 2 is 1.90 bits per heavy atom. The van der Waals surface area contributed by atoms with Crippen molar-refractivity contribution in [1.82, 2.24) is 25.3 Å². The minimum Gasteiger partial charge on any atom is -0.364 e. The van der Waals surface area contributed by atoms with Gasteiger partial charge in [0.1, 0.15) is 24.0 Å². The van der Waals surface area contributed by atoms with Crippen molar-refractivity contribution in [3.05, 3.63) is 40.1 Å². The lowest BCUT2D eigenvalue weighted by Crippen LogP contribution is -2.47. The number of amides is 2. The summed E-state index contributed by atoms with van der Waals surface area (Å²) < 4.78 is 18.3. The number of hydrogen-bond donors (Lipinski definition) is 2. The van der Waals surface area contributed by atoms with Crippen molar-refractivity contribution in [3.63, 3.8) is 0 Å². The highest BCUT2D eigenvalue weighted by Gasteiger charge is 2.15. The first-order chi connectivity index (χ1) is 14.5. The molecule has 162 valence electrons. The van der Waals surface area contributed by atoms with E-state index in [0.717, 1.165) is 44.1 Å². The van der Waals surface area contributed by atoms with Crippen LogP contribution in [0.3, 0.4) is 0 Å². The van der Waals surface area contributed by atoms with E-state index < -0.39 is 5.91 Å². The van der Waals surface area contributed by atoms with Crippen LogP contribution >= 0.6 is 11.3 Å². The molecule has 2 aromatic rings. The fraction of sp³-hybridized carbons (Fsp3) is 0.474. The molecule has 30 heavy (non-hydrogen) atoms. The Labute approximate surface area is 178 Å². The van der Waals surface area contributed by atoms with Gasteiger partial charge in [-0.05, 0) is 31.3 Å². The number of nitrogens with one attached hydrogen (secondary N) is 2. The Bertz CT molecular complexity index is 839. The molecule has 11 heteroatoms. The van der Waals surface area contributed by atoms with Gasteiger partial charge in [-0.15, -0.1) is 10.2 Å². The van der Waals surface area contributed by atoms with E-state index in [1.54, 1.807) is 0 Å². The zero-order chi connectivity index (χ0) is 21.3. The van der Waals surface area contributed by atoms with Gasteiger partial charge in [0, 0.05) is 45.0 Å². The van der Waals surface area contributed by atoms with E-state index in [0.29, 0.717) is 17.2 Å². The van der Waals surface area contributed by atoms with E-state index in [1.807, 2.05) is 0 Å². The highest BCUT2D eigenvalue weighted by atomic mass is 32.1. The third-order valence-corrected chi connectivity index (χ3v) is 5.46. The van der Waals surface area contributed by atoms with Crippen molar-refractivity contribution in [3.8, 4) is 0 Å². The lowest BCUT2D eigenvalue weighted by atomic mass is 10.3. The molecule has 0 atom stereocenters. The van der Waals surface area contributed by atoms with Gasteiger partial charge >= 0.3 is 0 Å². The summed E-state index contributed by atoms with van der Waals surface area (Å²) in [5.41, 5.74) is 0.461. The van der Waals surface area contributed by atoms with Crippen LogP contribution in [-0.2, 0) is 16.1 Å². The molecule has 1 saturated heterocycles. The summed E-state index contributed by atoms with van der Waals surface area (Å²) >= 11 is 1.08. The predicted octanol–water partition coefficient (Wildman–Crippen LogP) is 0.810. The molecule has 1 fully saturated rings. The number of anilines is 1. The van der Waals surface area contributed by atoms with E-state index in [2.05, 4.69) is 37.7 Å². The highest BCUT2D eigenvalue weighted by molar-refractivity contribution is 7.13. The molecule has 0 unspecified atom stereocenters. The molecule has 9 nitrogen and oxygen atoms in total. The molecule has 2 amide bonds. The van der Waals surface area contributed by atoms with Crippen molar-refractivity contribution >= 4 is 28.8 Å². The number of halogens is 1. The topological polar surface area (TPSA) is 99.7 Å². The van der Waals surface area contributed by atoms with E-state index in [4.69, 9.17) is 4.74 Å². The van der Waals surface area contributed by atoms with Crippen LogP contribution in [0.25, 0.3) is 0 Å². The smallest absolute Gasteiger partial charge is 0.286 e. The van der Waals surface area contributed by atoms with E-state index in [-0.39, 0.29) is 29.9 Å². The number of benzene rings is 1. The summed E-state index contributed by atoms with van der Waals surface area (Å²) in [5.74, 6) is -1.01. The van der Waals surface area contributed by atoms with Crippen molar-refractivity contribution in [2.75, 3.05) is 58.2 Å². The maximum absolute atomic E-state index is 12.9. The average Bonchev–Trinajstić information content (AvgIpc) is 3.20.